The van der Waals surface area contributed by atoms with Crippen LogP contribution in [0.5, 0.6) is 0 Å². The van der Waals surface area contributed by atoms with E-state index < -0.39 is 32.3 Å². The molecule has 1 atom stereocenters. The predicted octanol–water partition coefficient (Wildman–Crippen LogP) is 8.73. The van der Waals surface area contributed by atoms with Gasteiger partial charge in [-0.05, 0) is 85.4 Å². The molecule has 1 radical (unpaired) electrons. The van der Waals surface area contributed by atoms with E-state index in [9.17, 15) is 26.3 Å². The van der Waals surface area contributed by atoms with Crippen LogP contribution in [0, 0.1) is 5.92 Å². The number of fused-ring (bicyclic) bond motifs is 6. The molecule has 7 rings (SSSR count). The molecule has 0 aromatic heterocycles. The van der Waals surface area contributed by atoms with Gasteiger partial charge in [-0.15, -0.1) is 0 Å². The van der Waals surface area contributed by atoms with Crippen molar-refractivity contribution in [2.45, 2.75) is 38.2 Å². The maximum Gasteiger partial charge on any atom is 0.416 e. The molecule has 0 fully saturated rings. The van der Waals surface area contributed by atoms with Crippen molar-refractivity contribution < 1.29 is 26.3 Å². The lowest BCUT2D eigenvalue weighted by Gasteiger charge is -2.26. The van der Waals surface area contributed by atoms with E-state index in [2.05, 4.69) is 38.1 Å². The minimum atomic E-state index is -4.92. The highest BCUT2D eigenvalue weighted by molar-refractivity contribution is 6.92. The molecule has 3 aliphatic rings. The van der Waals surface area contributed by atoms with Crippen LogP contribution in [-0.2, 0) is 12.4 Å². The molecule has 1 aliphatic carbocycles. The van der Waals surface area contributed by atoms with Gasteiger partial charge in [-0.25, -0.2) is 0 Å². The zero-order valence-electron chi connectivity index (χ0n) is 21.6. The molecular formula is C33H23F6Si. The molecule has 0 spiro atoms. The summed E-state index contributed by atoms with van der Waals surface area (Å²) < 4.78 is 83.8. The molecule has 0 saturated carbocycles. The highest BCUT2D eigenvalue weighted by Crippen LogP contribution is 2.53. The molecule has 4 aromatic carbocycles. The Balaban J connectivity index is 1.60. The lowest BCUT2D eigenvalue weighted by atomic mass is 9.85. The molecule has 4 aromatic rings. The normalized spacial score (nSPS) is 17.1. The molecule has 2 aliphatic heterocycles. The van der Waals surface area contributed by atoms with E-state index in [-0.39, 0.29) is 17.2 Å². The Morgan fingerprint density at radius 2 is 1.35 bits per heavy atom. The molecule has 0 nitrogen and oxygen atoms in total. The van der Waals surface area contributed by atoms with Crippen LogP contribution in [0.1, 0.15) is 48.1 Å². The van der Waals surface area contributed by atoms with E-state index >= 15 is 0 Å². The average molecular weight is 562 g/mol. The first-order chi connectivity index (χ1) is 18.9. The Labute approximate surface area is 229 Å². The van der Waals surface area contributed by atoms with Gasteiger partial charge in [0.15, 0.2) is 0 Å². The summed E-state index contributed by atoms with van der Waals surface area (Å²) in [5.41, 5.74) is 4.65. The van der Waals surface area contributed by atoms with E-state index in [4.69, 9.17) is 0 Å². The molecule has 2 heterocycles. The lowest BCUT2D eigenvalue weighted by Crippen LogP contribution is -2.44. The van der Waals surface area contributed by atoms with Gasteiger partial charge < -0.3 is 0 Å². The van der Waals surface area contributed by atoms with Gasteiger partial charge in [0.1, 0.15) is 8.80 Å². The first kappa shape index (κ1) is 25.4. The summed E-state index contributed by atoms with van der Waals surface area (Å²) in [4.78, 5) is 0. The molecule has 1 unspecified atom stereocenters. The molecule has 2 bridgehead atoms. The summed E-state index contributed by atoms with van der Waals surface area (Å²) >= 11 is 0. The quantitative estimate of drug-likeness (QED) is 0.173. The van der Waals surface area contributed by atoms with Gasteiger partial charge in [0, 0.05) is 5.54 Å². The summed E-state index contributed by atoms with van der Waals surface area (Å²) in [5, 5.41) is 2.45. The van der Waals surface area contributed by atoms with Crippen molar-refractivity contribution in [3.63, 3.8) is 0 Å². The maximum absolute atomic E-state index is 14.0. The SMILES string of the molecule is CC(C)CC1=Cc2ccc3c(-c4cc(C(F)(F)F)cc(C(F)(F)F)c4)c2C1[Si]1c2ccccc2-c2cccc-3c21. The lowest BCUT2D eigenvalue weighted by molar-refractivity contribution is -0.143. The standard InChI is InChI=1S/C33H23F6Si/c1-17(2)12-20-13-18-10-11-24-26-8-5-7-25-23-6-3-4-9-27(23)40(31(25)26)30(20)29(18)28(24)19-14-21(32(34,35)36)16-22(15-19)33(37,38)39/h3-11,13-17,30H,12H2,1-2H3. The second kappa shape index (κ2) is 8.46. The Morgan fingerprint density at radius 1 is 0.725 bits per heavy atom. The van der Waals surface area contributed by atoms with E-state index in [0.29, 0.717) is 17.0 Å². The van der Waals surface area contributed by atoms with Crippen molar-refractivity contribution in [3.05, 3.63) is 101 Å². The third-order valence-corrected chi connectivity index (χ3v) is 11.6. The summed E-state index contributed by atoms with van der Waals surface area (Å²) in [7, 11) is -1.51. The summed E-state index contributed by atoms with van der Waals surface area (Å²) in [6.07, 6.45) is -6.89. The Morgan fingerprint density at radius 3 is 2.00 bits per heavy atom. The minimum absolute atomic E-state index is 0.0355. The van der Waals surface area contributed by atoms with Crippen LogP contribution in [0.2, 0.25) is 0 Å². The molecule has 7 heteroatoms. The van der Waals surface area contributed by atoms with Crippen molar-refractivity contribution in [1.82, 2.24) is 0 Å². The highest BCUT2D eigenvalue weighted by Gasteiger charge is 2.47. The zero-order chi connectivity index (χ0) is 28.1. The van der Waals surface area contributed by atoms with Crippen LogP contribution in [0.4, 0.5) is 26.3 Å². The fraction of sp³-hybridized carbons (Fsp3) is 0.212. The molecule has 40 heavy (non-hydrogen) atoms. The number of benzene rings is 4. The fourth-order valence-electron chi connectivity index (χ4n) is 6.83. The third-order valence-electron chi connectivity index (χ3n) is 8.22. The number of hydrogen-bond acceptors (Lipinski definition) is 0. The molecule has 201 valence electrons. The van der Waals surface area contributed by atoms with Crippen molar-refractivity contribution >= 4 is 25.2 Å². The van der Waals surface area contributed by atoms with Gasteiger partial charge in [-0.3, -0.25) is 0 Å². The Kier molecular flexibility index (Phi) is 5.37. The topological polar surface area (TPSA) is 0 Å². The molecule has 0 saturated heterocycles. The van der Waals surface area contributed by atoms with Gasteiger partial charge in [0.25, 0.3) is 0 Å². The van der Waals surface area contributed by atoms with Gasteiger partial charge in [0.05, 0.1) is 11.1 Å². The zero-order valence-corrected chi connectivity index (χ0v) is 22.6. The molecule has 0 amide bonds. The maximum atomic E-state index is 14.0. The molecular weight excluding hydrogens is 538 g/mol. The van der Waals surface area contributed by atoms with Crippen LogP contribution >= 0.6 is 0 Å². The van der Waals surface area contributed by atoms with Gasteiger partial charge in [-0.1, -0.05) is 80.1 Å². The van der Waals surface area contributed by atoms with Crippen molar-refractivity contribution in [3.8, 4) is 33.4 Å². The number of rotatable bonds is 3. The van der Waals surface area contributed by atoms with Crippen LogP contribution in [0.15, 0.2) is 78.4 Å². The Bertz CT molecular complexity index is 1710. The predicted molar refractivity (Wildman–Crippen MR) is 148 cm³/mol. The smallest absolute Gasteiger partial charge is 0.166 e. The fourth-order valence-corrected chi connectivity index (χ4v) is 10.7. The van der Waals surface area contributed by atoms with Crippen molar-refractivity contribution in [2.75, 3.05) is 0 Å². The molecule has 0 N–H and O–H groups in total. The van der Waals surface area contributed by atoms with Gasteiger partial charge in [-0.2, -0.15) is 26.3 Å². The second-order valence-corrected chi connectivity index (χ2v) is 13.7. The van der Waals surface area contributed by atoms with Gasteiger partial charge in [0.2, 0.25) is 0 Å². The second-order valence-electron chi connectivity index (χ2n) is 11.2. The summed E-state index contributed by atoms with van der Waals surface area (Å²) in [5.74, 6) is 0.339. The van der Waals surface area contributed by atoms with Crippen LogP contribution < -0.4 is 10.4 Å². The number of hydrogen-bond donors (Lipinski definition) is 0. The summed E-state index contributed by atoms with van der Waals surface area (Å²) in [6, 6.07) is 20.2. The van der Waals surface area contributed by atoms with E-state index in [1.54, 1.807) is 0 Å². The monoisotopic (exact) mass is 561 g/mol. The first-order valence-electron chi connectivity index (χ1n) is 13.2. The number of alkyl halides is 6. The largest absolute Gasteiger partial charge is 0.416 e. The third kappa shape index (κ3) is 3.66. The Hall–Kier alpha value is -3.58. The first-order valence-corrected chi connectivity index (χ1v) is 14.8. The number of allylic oxidation sites excluding steroid dienone is 1. The van der Waals surface area contributed by atoms with Crippen LogP contribution in [0.25, 0.3) is 39.5 Å². The van der Waals surface area contributed by atoms with Crippen molar-refractivity contribution in [2.24, 2.45) is 5.92 Å². The van der Waals surface area contributed by atoms with Gasteiger partial charge >= 0.3 is 12.4 Å². The van der Waals surface area contributed by atoms with E-state index in [1.807, 2.05) is 36.4 Å². The van der Waals surface area contributed by atoms with Crippen LogP contribution in [0.3, 0.4) is 0 Å². The van der Waals surface area contributed by atoms with Crippen LogP contribution in [-0.4, -0.2) is 8.80 Å². The van der Waals surface area contributed by atoms with E-state index in [1.165, 1.54) is 21.5 Å². The summed E-state index contributed by atoms with van der Waals surface area (Å²) in [6.45, 7) is 4.27. The number of halogens is 6. The van der Waals surface area contributed by atoms with Crippen molar-refractivity contribution in [1.29, 1.82) is 0 Å². The van der Waals surface area contributed by atoms with E-state index in [0.717, 1.165) is 40.8 Å². The highest BCUT2D eigenvalue weighted by atomic mass is 28.3. The minimum Gasteiger partial charge on any atom is -0.166 e. The average Bonchev–Trinajstić information content (AvgIpc) is 3.38.